The second-order valence-corrected chi connectivity index (χ2v) is 8.25. The van der Waals surface area contributed by atoms with Crippen molar-refractivity contribution in [1.29, 1.82) is 0 Å². The van der Waals surface area contributed by atoms with Crippen molar-refractivity contribution in [2.45, 2.75) is 98.0 Å². The molecular weight excluding hydrogens is 260 g/mol. The van der Waals surface area contributed by atoms with Crippen molar-refractivity contribution < 1.29 is 9.53 Å². The molecule has 2 nitrogen and oxygen atoms in total. The van der Waals surface area contributed by atoms with Crippen LogP contribution in [-0.2, 0) is 9.53 Å². The van der Waals surface area contributed by atoms with Gasteiger partial charge in [-0.15, -0.1) is 0 Å². The van der Waals surface area contributed by atoms with Crippen LogP contribution in [0.15, 0.2) is 0 Å². The standard InChI is InChI=1S/C19H34O2/c1-15(18(3)11-7-5-8-12-18)17(21-16(2)20)19(4)13-9-6-10-14-19/h15,17H,5-14H2,1-4H3. The normalized spacial score (nSPS) is 27.6. The monoisotopic (exact) mass is 294 g/mol. The molecule has 0 aromatic carbocycles. The van der Waals surface area contributed by atoms with Gasteiger partial charge >= 0.3 is 5.97 Å². The first-order valence-corrected chi connectivity index (χ1v) is 9.05. The molecule has 21 heavy (non-hydrogen) atoms. The number of carbonyl (C=O) groups is 1. The zero-order chi connectivity index (χ0) is 15.5. The van der Waals surface area contributed by atoms with Gasteiger partial charge in [0.15, 0.2) is 0 Å². The van der Waals surface area contributed by atoms with Gasteiger partial charge in [-0.05, 0) is 37.0 Å². The van der Waals surface area contributed by atoms with Crippen molar-refractivity contribution in [3.05, 3.63) is 0 Å². The molecule has 0 amide bonds. The van der Waals surface area contributed by atoms with Gasteiger partial charge in [-0.2, -0.15) is 0 Å². The zero-order valence-electron chi connectivity index (χ0n) is 14.5. The Labute approximate surface area is 131 Å². The molecule has 2 aliphatic rings. The maximum absolute atomic E-state index is 11.7. The fraction of sp³-hybridized carbons (Fsp3) is 0.947. The largest absolute Gasteiger partial charge is 0.462 e. The van der Waals surface area contributed by atoms with Gasteiger partial charge < -0.3 is 4.74 Å². The lowest BCUT2D eigenvalue weighted by Crippen LogP contribution is -2.47. The summed E-state index contributed by atoms with van der Waals surface area (Å²) < 4.78 is 5.93. The molecular formula is C19H34O2. The van der Waals surface area contributed by atoms with E-state index < -0.39 is 0 Å². The minimum absolute atomic E-state index is 0.0957. The third-order valence-corrected chi connectivity index (χ3v) is 6.52. The lowest BCUT2D eigenvalue weighted by Gasteiger charge is -2.49. The highest BCUT2D eigenvalue weighted by Crippen LogP contribution is 2.51. The van der Waals surface area contributed by atoms with Crippen LogP contribution in [0.3, 0.4) is 0 Å². The van der Waals surface area contributed by atoms with E-state index in [2.05, 4.69) is 20.8 Å². The Morgan fingerprint density at radius 3 is 1.71 bits per heavy atom. The van der Waals surface area contributed by atoms with Gasteiger partial charge in [0.25, 0.3) is 0 Å². The highest BCUT2D eigenvalue weighted by Gasteiger charge is 2.47. The van der Waals surface area contributed by atoms with E-state index in [1.54, 1.807) is 6.92 Å². The fourth-order valence-corrected chi connectivity index (χ4v) is 4.85. The molecule has 0 aromatic rings. The van der Waals surface area contributed by atoms with Crippen molar-refractivity contribution in [2.24, 2.45) is 16.7 Å². The van der Waals surface area contributed by atoms with Crippen LogP contribution >= 0.6 is 0 Å². The number of rotatable bonds is 4. The van der Waals surface area contributed by atoms with E-state index in [1.807, 2.05) is 0 Å². The summed E-state index contributed by atoms with van der Waals surface area (Å²) in [6.07, 6.45) is 13.1. The van der Waals surface area contributed by atoms with Gasteiger partial charge in [0.05, 0.1) is 0 Å². The second-order valence-electron chi connectivity index (χ2n) is 8.25. The van der Waals surface area contributed by atoms with Gasteiger partial charge in [-0.3, -0.25) is 4.79 Å². The quantitative estimate of drug-likeness (QED) is 0.640. The van der Waals surface area contributed by atoms with Crippen LogP contribution in [0.5, 0.6) is 0 Å². The van der Waals surface area contributed by atoms with Crippen LogP contribution < -0.4 is 0 Å². The molecule has 0 aliphatic heterocycles. The van der Waals surface area contributed by atoms with Gasteiger partial charge in [-0.25, -0.2) is 0 Å². The van der Waals surface area contributed by atoms with Crippen LogP contribution in [0.2, 0.25) is 0 Å². The molecule has 2 unspecified atom stereocenters. The van der Waals surface area contributed by atoms with E-state index in [0.717, 1.165) is 0 Å². The summed E-state index contributed by atoms with van der Waals surface area (Å²) in [5.74, 6) is 0.364. The van der Waals surface area contributed by atoms with Gasteiger partial charge in [-0.1, -0.05) is 59.3 Å². The number of hydrogen-bond donors (Lipinski definition) is 0. The minimum Gasteiger partial charge on any atom is -0.462 e. The molecule has 0 saturated heterocycles. The van der Waals surface area contributed by atoms with E-state index >= 15 is 0 Å². The van der Waals surface area contributed by atoms with E-state index in [1.165, 1.54) is 64.2 Å². The molecule has 2 saturated carbocycles. The summed E-state index contributed by atoms with van der Waals surface area (Å²) in [5, 5.41) is 0. The van der Waals surface area contributed by atoms with Gasteiger partial charge in [0, 0.05) is 12.3 Å². The smallest absolute Gasteiger partial charge is 0.302 e. The van der Waals surface area contributed by atoms with E-state index in [-0.39, 0.29) is 17.5 Å². The molecule has 0 spiro atoms. The molecule has 2 fully saturated rings. The Hall–Kier alpha value is -0.530. The Morgan fingerprint density at radius 2 is 1.29 bits per heavy atom. The number of ether oxygens (including phenoxy) is 1. The average molecular weight is 294 g/mol. The molecule has 0 bridgehead atoms. The van der Waals surface area contributed by atoms with Crippen LogP contribution in [0, 0.1) is 16.7 Å². The maximum Gasteiger partial charge on any atom is 0.302 e. The van der Waals surface area contributed by atoms with E-state index in [0.29, 0.717) is 11.3 Å². The first-order valence-electron chi connectivity index (χ1n) is 9.05. The molecule has 0 heterocycles. The first kappa shape index (κ1) is 16.8. The number of carbonyl (C=O) groups excluding carboxylic acids is 1. The van der Waals surface area contributed by atoms with Crippen LogP contribution in [-0.4, -0.2) is 12.1 Å². The zero-order valence-corrected chi connectivity index (χ0v) is 14.5. The fourth-order valence-electron chi connectivity index (χ4n) is 4.85. The Balaban J connectivity index is 2.19. The lowest BCUT2D eigenvalue weighted by atomic mass is 9.59. The van der Waals surface area contributed by atoms with Crippen molar-refractivity contribution in [3.63, 3.8) is 0 Å². The molecule has 2 rings (SSSR count). The summed E-state index contributed by atoms with van der Waals surface area (Å²) in [4.78, 5) is 11.7. The first-order chi connectivity index (χ1) is 9.87. The van der Waals surface area contributed by atoms with Crippen LogP contribution in [0.25, 0.3) is 0 Å². The highest BCUT2D eigenvalue weighted by molar-refractivity contribution is 5.66. The minimum atomic E-state index is -0.0990. The Bertz CT molecular complexity index is 349. The van der Waals surface area contributed by atoms with Crippen LogP contribution in [0.4, 0.5) is 0 Å². The summed E-state index contributed by atoms with van der Waals surface area (Å²) in [6, 6.07) is 0. The van der Waals surface area contributed by atoms with Crippen molar-refractivity contribution in [1.82, 2.24) is 0 Å². The third kappa shape index (κ3) is 3.81. The predicted octanol–water partition coefficient (Wildman–Crippen LogP) is 5.50. The molecule has 122 valence electrons. The van der Waals surface area contributed by atoms with Crippen molar-refractivity contribution in [3.8, 4) is 0 Å². The maximum atomic E-state index is 11.7. The van der Waals surface area contributed by atoms with E-state index in [4.69, 9.17) is 4.74 Å². The average Bonchev–Trinajstić information content (AvgIpc) is 2.45. The molecule has 0 N–H and O–H groups in total. The summed E-state index contributed by atoms with van der Waals surface area (Å²) in [5.41, 5.74) is 0.530. The predicted molar refractivity (Wildman–Crippen MR) is 87.1 cm³/mol. The molecule has 0 radical (unpaired) electrons. The molecule has 0 aromatic heterocycles. The Kier molecular flexibility index (Phi) is 5.38. The van der Waals surface area contributed by atoms with Gasteiger partial charge in [0.1, 0.15) is 6.10 Å². The second kappa shape index (κ2) is 6.71. The van der Waals surface area contributed by atoms with Gasteiger partial charge in [0.2, 0.25) is 0 Å². The molecule has 2 aliphatic carbocycles. The molecule has 2 heteroatoms. The highest BCUT2D eigenvalue weighted by atomic mass is 16.5. The molecule has 2 atom stereocenters. The van der Waals surface area contributed by atoms with Crippen LogP contribution in [0.1, 0.15) is 91.9 Å². The Morgan fingerprint density at radius 1 is 0.857 bits per heavy atom. The number of esters is 1. The summed E-state index contributed by atoms with van der Waals surface area (Å²) >= 11 is 0. The van der Waals surface area contributed by atoms with E-state index in [9.17, 15) is 4.79 Å². The SMILES string of the molecule is CC(=O)OC(C(C)C1(C)CCCCC1)C1(C)CCCCC1. The third-order valence-electron chi connectivity index (χ3n) is 6.52. The van der Waals surface area contributed by atoms with Crippen molar-refractivity contribution in [2.75, 3.05) is 0 Å². The number of hydrogen-bond acceptors (Lipinski definition) is 2. The summed E-state index contributed by atoms with van der Waals surface area (Å²) in [6.45, 7) is 8.72. The topological polar surface area (TPSA) is 26.3 Å². The summed E-state index contributed by atoms with van der Waals surface area (Å²) in [7, 11) is 0. The van der Waals surface area contributed by atoms with Crippen molar-refractivity contribution >= 4 is 5.97 Å². The lowest BCUT2D eigenvalue weighted by molar-refractivity contribution is -0.166.